The van der Waals surface area contributed by atoms with E-state index in [1.807, 2.05) is 0 Å². The lowest BCUT2D eigenvalue weighted by atomic mass is 9.95. The van der Waals surface area contributed by atoms with Gasteiger partial charge >= 0.3 is 17.9 Å². The Hall–Kier alpha value is -5.38. The minimum absolute atomic E-state index is 0.0246. The fraction of sp³-hybridized carbons (Fsp3) is 0.722. The van der Waals surface area contributed by atoms with Gasteiger partial charge in [-0.15, -0.1) is 0 Å². The highest BCUT2D eigenvalue weighted by Crippen LogP contribution is 2.13. The maximum Gasteiger partial charge on any atom is 0.305 e. The zero-order chi connectivity index (χ0) is 44.1. The molecule has 1 fully saturated rings. The van der Waals surface area contributed by atoms with E-state index in [9.17, 15) is 63.3 Å². The summed E-state index contributed by atoms with van der Waals surface area (Å²) in [5.41, 5.74) is 11.3. The summed E-state index contributed by atoms with van der Waals surface area (Å²) in [4.78, 5) is 131. The van der Waals surface area contributed by atoms with Crippen molar-refractivity contribution < 1.29 is 63.3 Å². The first kappa shape index (κ1) is 50.6. The molecule has 14 N–H and O–H groups in total. The Morgan fingerprint density at radius 2 is 0.845 bits per heavy atom. The van der Waals surface area contributed by atoms with Crippen LogP contribution < -0.4 is 48.7 Å². The first-order valence-corrected chi connectivity index (χ1v) is 19.4. The molecule has 328 valence electrons. The number of amides is 7. The van der Waals surface area contributed by atoms with E-state index < -0.39 is 139 Å². The second-order valence-corrected chi connectivity index (χ2v) is 14.6. The third kappa shape index (κ3) is 17.8. The zero-order valence-electron chi connectivity index (χ0n) is 33.5. The summed E-state index contributed by atoms with van der Waals surface area (Å²) in [5.74, 6) is -12.9. The molecule has 0 unspecified atom stereocenters. The average Bonchev–Trinajstić information content (AvgIpc) is 3.14. The number of rotatable bonds is 18. The summed E-state index contributed by atoms with van der Waals surface area (Å²) in [6, 6.07) is -10.9. The zero-order valence-corrected chi connectivity index (χ0v) is 33.5. The molecule has 0 aromatic rings. The fourth-order valence-corrected chi connectivity index (χ4v) is 5.91. The highest BCUT2D eigenvalue weighted by atomic mass is 16.4. The molecule has 7 amide bonds. The van der Waals surface area contributed by atoms with Crippen molar-refractivity contribution in [3.05, 3.63) is 0 Å². The minimum Gasteiger partial charge on any atom is -0.481 e. The molecule has 0 spiro atoms. The molecule has 0 aromatic heterocycles. The van der Waals surface area contributed by atoms with Crippen LogP contribution in [0.15, 0.2) is 0 Å². The number of carboxylic acids is 3. The van der Waals surface area contributed by atoms with Gasteiger partial charge in [0.05, 0.1) is 12.8 Å². The third-order valence-corrected chi connectivity index (χ3v) is 9.50. The molecule has 0 aromatic carbocycles. The lowest BCUT2D eigenvalue weighted by molar-refractivity contribution is -0.144. The molecule has 1 rings (SSSR count). The van der Waals surface area contributed by atoms with Gasteiger partial charge in [-0.1, -0.05) is 34.1 Å². The number of carbonyl (C=O) groups excluding carboxylic acids is 7. The fourth-order valence-electron chi connectivity index (χ4n) is 5.91. The Morgan fingerprint density at radius 1 is 0.500 bits per heavy atom. The Balaban J connectivity index is 3.96. The molecule has 0 radical (unpaired) electrons. The smallest absolute Gasteiger partial charge is 0.305 e. The summed E-state index contributed by atoms with van der Waals surface area (Å²) in [6.45, 7) is 6.83. The van der Waals surface area contributed by atoms with Crippen LogP contribution >= 0.6 is 0 Å². The van der Waals surface area contributed by atoms with Crippen molar-refractivity contribution in [3.63, 3.8) is 0 Å². The van der Waals surface area contributed by atoms with Crippen molar-refractivity contribution in [1.82, 2.24) is 37.2 Å². The number of unbranched alkanes of at least 4 members (excludes halogenated alkanes) is 2. The van der Waals surface area contributed by atoms with E-state index in [0.29, 0.717) is 19.3 Å². The second-order valence-electron chi connectivity index (χ2n) is 14.6. The SMILES string of the molecule is CC[C@H](C)[C@@H]1NC(=O)[C@H](C(C)C)NC(=O)[C@H](CCC(=O)O)NC(=O)[C@H](CCCCN)NC(=O)[C@H](CCCCN)NC(=O)[C@H](CC(=O)O)NC(=O)[C@H](CC(=O)O)NC1=O. The van der Waals surface area contributed by atoms with Gasteiger partial charge in [0.2, 0.25) is 41.4 Å². The monoisotopic (exact) mass is 827 g/mol. The Bertz CT molecular complexity index is 1480. The van der Waals surface area contributed by atoms with Gasteiger partial charge in [-0.2, -0.15) is 0 Å². The maximum atomic E-state index is 13.8. The standard InChI is InChI=1S/C36H61N9O13/c1-5-19(4)29-36(58)43-24(17-27(50)51)34(56)42-23(16-26(48)49)33(55)40-21(11-7-9-15-38)30(52)39-20(10-6-8-14-37)31(53)41-22(12-13-25(46)47)32(54)44-28(18(2)3)35(57)45-29/h18-24,28-29H,5-17,37-38H2,1-4H3,(H,39,52)(H,40,55)(H,41,53)(H,42,56)(H,43,58)(H,44,54)(H,45,57)(H,46,47)(H,48,49)(H,50,51)/t19-,20-,21-,22-,23-,24-,28-,29-/m0/s1. The summed E-state index contributed by atoms with van der Waals surface area (Å²) in [7, 11) is 0. The molecule has 22 heteroatoms. The van der Waals surface area contributed by atoms with Crippen LogP contribution in [0.4, 0.5) is 0 Å². The first-order valence-electron chi connectivity index (χ1n) is 19.4. The number of hydrogen-bond donors (Lipinski definition) is 12. The third-order valence-electron chi connectivity index (χ3n) is 9.50. The molecular weight excluding hydrogens is 766 g/mol. The Morgan fingerprint density at radius 3 is 1.22 bits per heavy atom. The van der Waals surface area contributed by atoms with Crippen molar-refractivity contribution in [2.45, 2.75) is 141 Å². The largest absolute Gasteiger partial charge is 0.481 e. The van der Waals surface area contributed by atoms with Gasteiger partial charge in [0.25, 0.3) is 0 Å². The van der Waals surface area contributed by atoms with E-state index in [4.69, 9.17) is 11.5 Å². The molecule has 0 aliphatic carbocycles. The topological polar surface area (TPSA) is 368 Å². The van der Waals surface area contributed by atoms with Crippen molar-refractivity contribution in [3.8, 4) is 0 Å². The van der Waals surface area contributed by atoms with Gasteiger partial charge in [-0.3, -0.25) is 47.9 Å². The molecule has 1 saturated heterocycles. The highest BCUT2D eigenvalue weighted by Gasteiger charge is 2.38. The molecule has 0 saturated carbocycles. The number of nitrogens with one attached hydrogen (secondary N) is 7. The normalized spacial score (nSPS) is 25.1. The lowest BCUT2D eigenvalue weighted by Gasteiger charge is -2.30. The number of carboxylic acid groups (broad SMARTS) is 3. The van der Waals surface area contributed by atoms with Crippen LogP contribution in [-0.2, 0) is 47.9 Å². The van der Waals surface area contributed by atoms with Gasteiger partial charge in [-0.25, -0.2) is 0 Å². The van der Waals surface area contributed by atoms with Crippen LogP contribution in [0.2, 0.25) is 0 Å². The molecule has 0 bridgehead atoms. The quantitative estimate of drug-likeness (QED) is 0.0620. The molecule has 1 heterocycles. The van der Waals surface area contributed by atoms with E-state index in [-0.39, 0.29) is 38.8 Å². The van der Waals surface area contributed by atoms with Crippen LogP contribution in [-0.4, -0.2) is 130 Å². The second kappa shape index (κ2) is 25.8. The van der Waals surface area contributed by atoms with Crippen LogP contribution in [0.5, 0.6) is 0 Å². The highest BCUT2D eigenvalue weighted by molar-refractivity contribution is 6.00. The summed E-state index contributed by atoms with van der Waals surface area (Å²) >= 11 is 0. The van der Waals surface area contributed by atoms with E-state index in [2.05, 4.69) is 37.2 Å². The Labute approximate surface area is 336 Å². The van der Waals surface area contributed by atoms with Crippen molar-refractivity contribution in [2.75, 3.05) is 13.1 Å². The van der Waals surface area contributed by atoms with E-state index >= 15 is 0 Å². The molecular formula is C36H61N9O13. The number of aliphatic carboxylic acids is 3. The molecule has 58 heavy (non-hydrogen) atoms. The van der Waals surface area contributed by atoms with Gasteiger partial charge in [-0.05, 0) is 69.9 Å². The summed E-state index contributed by atoms with van der Waals surface area (Å²) < 4.78 is 0. The van der Waals surface area contributed by atoms with E-state index in [0.717, 1.165) is 0 Å². The molecule has 8 atom stereocenters. The lowest BCUT2D eigenvalue weighted by Crippen LogP contribution is -2.61. The maximum absolute atomic E-state index is 13.8. The van der Waals surface area contributed by atoms with Crippen LogP contribution in [0.3, 0.4) is 0 Å². The number of hydrogen-bond acceptors (Lipinski definition) is 12. The number of nitrogens with two attached hydrogens (primary N) is 2. The van der Waals surface area contributed by atoms with Crippen molar-refractivity contribution in [2.24, 2.45) is 23.3 Å². The average molecular weight is 828 g/mol. The Kier molecular flexibility index (Phi) is 22.5. The number of carbonyl (C=O) groups is 10. The predicted octanol–water partition coefficient (Wildman–Crippen LogP) is -2.83. The predicted molar refractivity (Wildman–Crippen MR) is 205 cm³/mol. The molecule has 22 nitrogen and oxygen atoms in total. The van der Waals surface area contributed by atoms with Crippen molar-refractivity contribution in [1.29, 1.82) is 0 Å². The van der Waals surface area contributed by atoms with Gasteiger partial charge in [0, 0.05) is 6.42 Å². The van der Waals surface area contributed by atoms with Gasteiger partial charge in [0.15, 0.2) is 0 Å². The van der Waals surface area contributed by atoms with Crippen LogP contribution in [0, 0.1) is 11.8 Å². The van der Waals surface area contributed by atoms with Gasteiger partial charge in [0.1, 0.15) is 42.3 Å². The van der Waals surface area contributed by atoms with Crippen LogP contribution in [0.25, 0.3) is 0 Å². The summed E-state index contributed by atoms with van der Waals surface area (Å²) in [5, 5.41) is 45.6. The van der Waals surface area contributed by atoms with Gasteiger partial charge < -0.3 is 64.0 Å². The molecule has 1 aliphatic rings. The minimum atomic E-state index is -1.90. The van der Waals surface area contributed by atoms with E-state index in [1.54, 1.807) is 27.7 Å². The summed E-state index contributed by atoms with van der Waals surface area (Å²) in [6.07, 6.45) is -1.54. The van der Waals surface area contributed by atoms with Crippen LogP contribution in [0.1, 0.15) is 98.3 Å². The first-order chi connectivity index (χ1) is 27.2. The van der Waals surface area contributed by atoms with E-state index in [1.165, 1.54) is 0 Å². The molecule has 1 aliphatic heterocycles. The van der Waals surface area contributed by atoms with Crippen molar-refractivity contribution >= 4 is 59.3 Å².